The fourth-order valence-corrected chi connectivity index (χ4v) is 7.21. The highest BCUT2D eigenvalue weighted by atomic mass is 35.5. The molecular weight excluding hydrogens is 477 g/mol. The number of sulfone groups is 1. The zero-order valence-electron chi connectivity index (χ0n) is 16.9. The first-order valence-corrected chi connectivity index (χ1v) is 13.2. The topological polar surface area (TPSA) is 78.8 Å². The Morgan fingerprint density at radius 1 is 1.16 bits per heavy atom. The van der Waals surface area contributed by atoms with Crippen LogP contribution in [0.1, 0.15) is 11.1 Å². The Hall–Kier alpha value is -1.74. The van der Waals surface area contributed by atoms with Crippen LogP contribution >= 0.6 is 35.0 Å². The molecule has 4 rings (SSSR count). The van der Waals surface area contributed by atoms with Crippen molar-refractivity contribution in [1.29, 1.82) is 0 Å². The lowest BCUT2D eigenvalue weighted by molar-refractivity contribution is -0.113. The molecule has 0 spiro atoms. The third kappa shape index (κ3) is 4.87. The third-order valence-corrected chi connectivity index (χ3v) is 8.41. The minimum atomic E-state index is -3.17. The Labute approximate surface area is 195 Å². The Morgan fingerprint density at radius 2 is 1.81 bits per heavy atom. The van der Waals surface area contributed by atoms with Gasteiger partial charge in [0, 0.05) is 21.4 Å². The quantitative estimate of drug-likeness (QED) is 0.679. The smallest absolute Gasteiger partial charge is 0.234 e. The molecule has 1 saturated heterocycles. The van der Waals surface area contributed by atoms with Crippen molar-refractivity contribution >= 4 is 67.3 Å². The number of nitrogens with zero attached hydrogens (tertiary/aromatic N) is 2. The van der Waals surface area contributed by atoms with E-state index in [-0.39, 0.29) is 35.2 Å². The number of halogens is 2. The third-order valence-electron chi connectivity index (χ3n) is 5.31. The van der Waals surface area contributed by atoms with E-state index >= 15 is 0 Å². The van der Waals surface area contributed by atoms with Crippen molar-refractivity contribution in [1.82, 2.24) is 0 Å². The van der Waals surface area contributed by atoms with Gasteiger partial charge in [0.2, 0.25) is 5.91 Å². The van der Waals surface area contributed by atoms with Gasteiger partial charge in [-0.2, -0.15) is 0 Å². The minimum absolute atomic E-state index is 0.00112. The highest BCUT2D eigenvalue weighted by Crippen LogP contribution is 2.37. The fourth-order valence-electron chi connectivity index (χ4n) is 3.93. The molecule has 1 N–H and O–H groups in total. The summed E-state index contributed by atoms with van der Waals surface area (Å²) in [5.74, 6) is -0.00633. The molecule has 2 aliphatic heterocycles. The molecule has 10 heteroatoms. The average molecular weight is 498 g/mol. The lowest BCUT2D eigenvalue weighted by atomic mass is 10.1. The summed E-state index contributed by atoms with van der Waals surface area (Å²) in [5.41, 5.74) is 3.46. The summed E-state index contributed by atoms with van der Waals surface area (Å²) in [6.45, 7) is 3.89. The monoisotopic (exact) mass is 497 g/mol. The van der Waals surface area contributed by atoms with E-state index in [0.29, 0.717) is 20.9 Å². The maximum absolute atomic E-state index is 12.6. The van der Waals surface area contributed by atoms with E-state index in [9.17, 15) is 13.2 Å². The summed E-state index contributed by atoms with van der Waals surface area (Å²) in [5, 5.41) is 4.46. The van der Waals surface area contributed by atoms with E-state index in [1.807, 2.05) is 36.9 Å². The fraction of sp³-hybridized carbons (Fsp3) is 0.333. The molecule has 2 aromatic carbocycles. The van der Waals surface area contributed by atoms with Gasteiger partial charge in [-0.25, -0.2) is 8.42 Å². The lowest BCUT2D eigenvalue weighted by Crippen LogP contribution is -2.39. The molecule has 0 saturated carbocycles. The number of aryl methyl sites for hydroxylation is 2. The number of anilines is 2. The predicted octanol–water partition coefficient (Wildman–Crippen LogP) is 4.32. The first kappa shape index (κ1) is 22.5. The number of hydrogen-bond donors (Lipinski definition) is 1. The van der Waals surface area contributed by atoms with Crippen LogP contribution in [-0.4, -0.2) is 48.8 Å². The number of benzene rings is 2. The molecule has 6 nitrogen and oxygen atoms in total. The summed E-state index contributed by atoms with van der Waals surface area (Å²) < 4.78 is 24.4. The van der Waals surface area contributed by atoms with Crippen molar-refractivity contribution in [3.8, 4) is 0 Å². The van der Waals surface area contributed by atoms with Gasteiger partial charge >= 0.3 is 0 Å². The van der Waals surface area contributed by atoms with Gasteiger partial charge in [0.15, 0.2) is 15.0 Å². The number of amides is 1. The second-order valence-electron chi connectivity index (χ2n) is 7.72. The average Bonchev–Trinajstić information content (AvgIpc) is 3.13. The first-order chi connectivity index (χ1) is 14.6. The Bertz CT molecular complexity index is 1140. The molecule has 1 fully saturated rings. The van der Waals surface area contributed by atoms with Crippen LogP contribution in [0, 0.1) is 13.8 Å². The molecule has 164 valence electrons. The zero-order chi connectivity index (χ0) is 22.3. The van der Waals surface area contributed by atoms with Crippen LogP contribution in [0.25, 0.3) is 0 Å². The van der Waals surface area contributed by atoms with E-state index in [4.69, 9.17) is 23.2 Å². The minimum Gasteiger partial charge on any atom is -0.325 e. The number of amidine groups is 1. The number of aliphatic imine (C=N–C) groups is 1. The first-order valence-electron chi connectivity index (χ1n) is 9.65. The molecule has 1 amide bonds. The number of rotatable bonds is 4. The number of thioether (sulfide) groups is 1. The second-order valence-corrected chi connectivity index (χ2v) is 11.7. The Morgan fingerprint density at radius 3 is 2.45 bits per heavy atom. The Balaban J connectivity index is 1.55. The van der Waals surface area contributed by atoms with Gasteiger partial charge in [-0.05, 0) is 43.2 Å². The van der Waals surface area contributed by atoms with Gasteiger partial charge in [-0.15, -0.1) is 0 Å². The number of carbonyl (C=O) groups excluding carboxylic acids is 1. The highest BCUT2D eigenvalue weighted by Gasteiger charge is 2.47. The molecule has 2 atom stereocenters. The van der Waals surface area contributed by atoms with Crippen LogP contribution in [0.15, 0.2) is 41.4 Å². The number of carbonyl (C=O) groups is 1. The van der Waals surface area contributed by atoms with E-state index in [1.165, 1.54) is 11.8 Å². The molecule has 0 aromatic heterocycles. The molecule has 2 heterocycles. The SMILES string of the molecule is Cc1cccc(C)c1NC(=O)CSC1=N[C@H]2CS(=O)(=O)C[C@@H]2N1c1cc(Cl)cc(Cl)c1. The van der Waals surface area contributed by atoms with Crippen LogP contribution in [0.2, 0.25) is 10.0 Å². The van der Waals surface area contributed by atoms with Gasteiger partial charge in [0.25, 0.3) is 0 Å². The van der Waals surface area contributed by atoms with Crippen molar-refractivity contribution < 1.29 is 13.2 Å². The maximum Gasteiger partial charge on any atom is 0.234 e. The van der Waals surface area contributed by atoms with Crippen LogP contribution in [0.4, 0.5) is 11.4 Å². The molecule has 2 aromatic rings. The van der Waals surface area contributed by atoms with E-state index in [1.54, 1.807) is 18.2 Å². The zero-order valence-corrected chi connectivity index (χ0v) is 20.1. The maximum atomic E-state index is 12.6. The molecule has 0 bridgehead atoms. The highest BCUT2D eigenvalue weighted by molar-refractivity contribution is 8.14. The lowest BCUT2D eigenvalue weighted by Gasteiger charge is -2.26. The van der Waals surface area contributed by atoms with Gasteiger partial charge in [0.05, 0.1) is 29.3 Å². The normalized spacial score (nSPS) is 21.7. The molecule has 31 heavy (non-hydrogen) atoms. The second kappa shape index (κ2) is 8.65. The van der Waals surface area contributed by atoms with E-state index in [0.717, 1.165) is 16.8 Å². The van der Waals surface area contributed by atoms with E-state index in [2.05, 4.69) is 10.3 Å². The van der Waals surface area contributed by atoms with Crippen molar-refractivity contribution in [3.05, 3.63) is 57.6 Å². The molecule has 0 radical (unpaired) electrons. The molecule has 0 unspecified atom stereocenters. The molecule has 2 aliphatic rings. The van der Waals surface area contributed by atoms with Crippen molar-refractivity contribution in [2.75, 3.05) is 27.5 Å². The van der Waals surface area contributed by atoms with Gasteiger partial charge < -0.3 is 10.2 Å². The van der Waals surface area contributed by atoms with Gasteiger partial charge in [-0.3, -0.25) is 9.79 Å². The standard InChI is InChI=1S/C21H21Cl2N3O3S2/c1-12-4-3-5-13(2)20(12)25-19(27)9-30-21-24-17-10-31(28,29)11-18(17)26(21)16-7-14(22)6-15(23)8-16/h3-8,17-18H,9-11H2,1-2H3,(H,25,27)/t17-,18-/m0/s1. The van der Waals surface area contributed by atoms with Gasteiger partial charge in [-0.1, -0.05) is 53.2 Å². The summed E-state index contributed by atoms with van der Waals surface area (Å²) in [4.78, 5) is 19.1. The van der Waals surface area contributed by atoms with Crippen LogP contribution in [-0.2, 0) is 14.6 Å². The molecule has 0 aliphatic carbocycles. The summed E-state index contributed by atoms with van der Waals surface area (Å²) in [6, 6.07) is 10.2. The number of hydrogen-bond acceptors (Lipinski definition) is 6. The predicted molar refractivity (Wildman–Crippen MR) is 130 cm³/mol. The van der Waals surface area contributed by atoms with Crippen molar-refractivity contribution in [2.45, 2.75) is 25.9 Å². The van der Waals surface area contributed by atoms with Crippen molar-refractivity contribution in [2.24, 2.45) is 4.99 Å². The number of fused-ring (bicyclic) bond motifs is 1. The van der Waals surface area contributed by atoms with E-state index < -0.39 is 9.84 Å². The summed E-state index contributed by atoms with van der Waals surface area (Å²) >= 11 is 13.6. The summed E-state index contributed by atoms with van der Waals surface area (Å²) in [6.07, 6.45) is 0. The van der Waals surface area contributed by atoms with Crippen LogP contribution < -0.4 is 10.2 Å². The molecular formula is C21H21Cl2N3O3S2. The van der Waals surface area contributed by atoms with Crippen LogP contribution in [0.5, 0.6) is 0 Å². The number of nitrogens with one attached hydrogen (secondary N) is 1. The Kier molecular flexibility index (Phi) is 6.27. The summed E-state index contributed by atoms with van der Waals surface area (Å²) in [7, 11) is -3.17. The number of para-hydroxylation sites is 1. The largest absolute Gasteiger partial charge is 0.325 e. The van der Waals surface area contributed by atoms with Gasteiger partial charge in [0.1, 0.15) is 0 Å². The van der Waals surface area contributed by atoms with Crippen LogP contribution in [0.3, 0.4) is 0 Å². The van der Waals surface area contributed by atoms with Crippen molar-refractivity contribution in [3.63, 3.8) is 0 Å².